The van der Waals surface area contributed by atoms with E-state index >= 15 is 0 Å². The lowest BCUT2D eigenvalue weighted by molar-refractivity contribution is -0.118. The number of amides is 2. The molecule has 0 spiro atoms. The molecule has 0 atom stereocenters. The highest BCUT2D eigenvalue weighted by molar-refractivity contribution is 6.42. The summed E-state index contributed by atoms with van der Waals surface area (Å²) in [6, 6.07) is 11.2. The number of rotatable bonds is 9. The highest BCUT2D eigenvalue weighted by Gasteiger charge is 2.25. The highest BCUT2D eigenvalue weighted by Crippen LogP contribution is 2.33. The number of hydrogen-bond acceptors (Lipinski definition) is 7. The molecule has 188 valence electrons. The largest absolute Gasteiger partial charge is 0.495 e. The van der Waals surface area contributed by atoms with E-state index < -0.39 is 18.1 Å². The van der Waals surface area contributed by atoms with Crippen LogP contribution in [0.5, 0.6) is 11.6 Å². The van der Waals surface area contributed by atoms with Crippen LogP contribution in [-0.2, 0) is 11.3 Å². The molecule has 2 aromatic carbocycles. The normalized spacial score (nSPS) is 10.5. The summed E-state index contributed by atoms with van der Waals surface area (Å²) in [6.45, 7) is 0.0549. The average Bonchev–Trinajstić information content (AvgIpc) is 2.88. The fourth-order valence-corrected chi connectivity index (χ4v) is 3.64. The zero-order chi connectivity index (χ0) is 26.4. The summed E-state index contributed by atoms with van der Waals surface area (Å²) < 4.78 is 10.5. The first-order valence-corrected chi connectivity index (χ1v) is 11.4. The molecule has 0 bridgehead atoms. The molecular weight excluding hydrogens is 507 g/mol. The first-order chi connectivity index (χ1) is 17.1. The molecule has 3 rings (SSSR count). The third-order valence-electron chi connectivity index (χ3n) is 5.15. The van der Waals surface area contributed by atoms with E-state index in [0.29, 0.717) is 26.9 Å². The van der Waals surface area contributed by atoms with Gasteiger partial charge in [0.2, 0.25) is 17.6 Å². The Morgan fingerprint density at radius 1 is 0.944 bits per heavy atom. The summed E-state index contributed by atoms with van der Waals surface area (Å²) in [7, 11) is 6.11. The molecule has 0 N–H and O–H groups in total. The van der Waals surface area contributed by atoms with E-state index in [1.54, 1.807) is 50.5 Å². The van der Waals surface area contributed by atoms with Crippen LogP contribution in [0, 0.1) is 0 Å². The van der Waals surface area contributed by atoms with Gasteiger partial charge in [0.25, 0.3) is 5.91 Å². The Balaban J connectivity index is 2.00. The molecule has 11 heteroatoms. The third-order valence-corrected chi connectivity index (χ3v) is 5.89. The first-order valence-electron chi connectivity index (χ1n) is 10.7. The minimum Gasteiger partial charge on any atom is -0.495 e. The Morgan fingerprint density at radius 2 is 1.69 bits per heavy atom. The van der Waals surface area contributed by atoms with Crippen molar-refractivity contribution in [3.05, 3.63) is 75.7 Å². The van der Waals surface area contributed by atoms with Crippen molar-refractivity contribution in [1.29, 1.82) is 0 Å². The second-order valence-corrected chi connectivity index (χ2v) is 8.65. The highest BCUT2D eigenvalue weighted by atomic mass is 35.5. The predicted octanol–water partition coefficient (Wildman–Crippen LogP) is 4.31. The number of halogens is 2. The van der Waals surface area contributed by atoms with Crippen molar-refractivity contribution in [2.75, 3.05) is 33.2 Å². The van der Waals surface area contributed by atoms with Crippen LogP contribution in [0.4, 0.5) is 5.69 Å². The quantitative estimate of drug-likeness (QED) is 0.300. The number of anilines is 1. The van der Waals surface area contributed by atoms with Crippen LogP contribution in [-0.4, -0.2) is 60.8 Å². The van der Waals surface area contributed by atoms with Gasteiger partial charge in [-0.05, 0) is 35.9 Å². The molecule has 0 aliphatic carbocycles. The summed E-state index contributed by atoms with van der Waals surface area (Å²) in [5, 5.41) is 0.689. The lowest BCUT2D eigenvalue weighted by Gasteiger charge is -2.25. The number of nitrogens with zero attached hydrogens (tertiary/aromatic N) is 4. The summed E-state index contributed by atoms with van der Waals surface area (Å²) in [5.74, 6) is -1.01. The minimum atomic E-state index is -0.587. The SMILES string of the molecule is COc1ccnc(C(=O)CC(=O)N(Cc2ccc(Cl)c(Cl)c2)c2ccc(C(=O)N(C)C)cc2OC)n1. The maximum Gasteiger partial charge on any atom is 0.253 e. The van der Waals surface area contributed by atoms with E-state index in [2.05, 4.69) is 9.97 Å². The number of ketones is 1. The molecule has 0 unspecified atom stereocenters. The maximum absolute atomic E-state index is 13.5. The van der Waals surface area contributed by atoms with E-state index in [-0.39, 0.29) is 29.9 Å². The van der Waals surface area contributed by atoms with Crippen LogP contribution in [0.3, 0.4) is 0 Å². The zero-order valence-electron chi connectivity index (χ0n) is 20.1. The van der Waals surface area contributed by atoms with E-state index in [1.165, 1.54) is 36.3 Å². The second-order valence-electron chi connectivity index (χ2n) is 7.84. The number of ether oxygens (including phenoxy) is 2. The molecule has 9 nitrogen and oxygen atoms in total. The van der Waals surface area contributed by atoms with Gasteiger partial charge in [-0.2, -0.15) is 4.98 Å². The molecule has 2 amide bonds. The standard InChI is InChI=1S/C25H24Cl2N4O5/c1-30(2)25(34)16-6-8-19(21(12-16)35-3)31(14-15-5-7-17(26)18(27)11-15)23(33)13-20(32)24-28-10-9-22(29-24)36-4/h5-12H,13-14H2,1-4H3. The number of methoxy groups -OCH3 is 2. The van der Waals surface area contributed by atoms with Gasteiger partial charge in [0.05, 0.1) is 42.9 Å². The lowest BCUT2D eigenvalue weighted by Crippen LogP contribution is -2.33. The van der Waals surface area contributed by atoms with E-state index in [1.807, 2.05) is 0 Å². The van der Waals surface area contributed by atoms with Crippen LogP contribution in [0.2, 0.25) is 10.0 Å². The van der Waals surface area contributed by atoms with Crippen LogP contribution < -0.4 is 14.4 Å². The van der Waals surface area contributed by atoms with Crippen molar-refractivity contribution in [2.24, 2.45) is 0 Å². The van der Waals surface area contributed by atoms with Crippen molar-refractivity contribution in [1.82, 2.24) is 14.9 Å². The third kappa shape index (κ3) is 6.30. The van der Waals surface area contributed by atoms with Gasteiger partial charge in [-0.25, -0.2) is 4.98 Å². The Morgan fingerprint density at radius 3 is 2.33 bits per heavy atom. The van der Waals surface area contributed by atoms with Gasteiger partial charge in [-0.3, -0.25) is 14.4 Å². The Bertz CT molecular complexity index is 1300. The molecule has 0 saturated heterocycles. The number of benzene rings is 2. The van der Waals surface area contributed by atoms with Crippen molar-refractivity contribution in [3.8, 4) is 11.6 Å². The van der Waals surface area contributed by atoms with Gasteiger partial charge in [-0.1, -0.05) is 29.3 Å². The molecule has 0 fully saturated rings. The maximum atomic E-state index is 13.5. The van der Waals surface area contributed by atoms with Gasteiger partial charge < -0.3 is 19.3 Å². The molecule has 36 heavy (non-hydrogen) atoms. The first kappa shape index (κ1) is 26.9. The average molecular weight is 531 g/mol. The van der Waals surface area contributed by atoms with Gasteiger partial charge in [0.15, 0.2) is 5.82 Å². The van der Waals surface area contributed by atoms with Crippen molar-refractivity contribution < 1.29 is 23.9 Å². The molecule has 1 aromatic heterocycles. The number of Topliss-reactive ketones (excluding diaryl/α,β-unsaturated/α-hetero) is 1. The second kappa shape index (κ2) is 11.8. The van der Waals surface area contributed by atoms with Crippen LogP contribution in [0.15, 0.2) is 48.7 Å². The summed E-state index contributed by atoms with van der Waals surface area (Å²) in [5.41, 5.74) is 1.41. The number of carbonyl (C=O) groups is 3. The van der Waals surface area contributed by atoms with Gasteiger partial charge in [-0.15, -0.1) is 0 Å². The van der Waals surface area contributed by atoms with E-state index in [0.717, 1.165) is 0 Å². The van der Waals surface area contributed by atoms with Gasteiger partial charge in [0, 0.05) is 31.9 Å². The van der Waals surface area contributed by atoms with Gasteiger partial charge >= 0.3 is 0 Å². The molecular formula is C25H24Cl2N4O5. The monoisotopic (exact) mass is 530 g/mol. The van der Waals surface area contributed by atoms with Crippen LogP contribution in [0.25, 0.3) is 0 Å². The number of hydrogen-bond donors (Lipinski definition) is 0. The smallest absolute Gasteiger partial charge is 0.253 e. The Kier molecular flexibility index (Phi) is 8.84. The van der Waals surface area contributed by atoms with E-state index in [4.69, 9.17) is 32.7 Å². The molecule has 0 saturated carbocycles. The summed E-state index contributed by atoms with van der Waals surface area (Å²) >= 11 is 12.2. The lowest BCUT2D eigenvalue weighted by atomic mass is 10.1. The van der Waals surface area contributed by atoms with Crippen molar-refractivity contribution >= 4 is 46.5 Å². The molecule has 0 aliphatic heterocycles. The molecule has 1 heterocycles. The van der Waals surface area contributed by atoms with E-state index in [9.17, 15) is 14.4 Å². The van der Waals surface area contributed by atoms with Crippen LogP contribution >= 0.6 is 23.2 Å². The summed E-state index contributed by atoms with van der Waals surface area (Å²) in [4.78, 5) is 49.5. The zero-order valence-corrected chi connectivity index (χ0v) is 21.6. The Labute approximate surface area is 218 Å². The van der Waals surface area contributed by atoms with Gasteiger partial charge in [0.1, 0.15) is 5.75 Å². The molecule has 3 aromatic rings. The van der Waals surface area contributed by atoms with Crippen molar-refractivity contribution in [3.63, 3.8) is 0 Å². The minimum absolute atomic E-state index is 0.0549. The number of carbonyl (C=O) groups excluding carboxylic acids is 3. The van der Waals surface area contributed by atoms with Crippen molar-refractivity contribution in [2.45, 2.75) is 13.0 Å². The molecule has 0 radical (unpaired) electrons. The summed E-state index contributed by atoms with van der Waals surface area (Å²) in [6.07, 6.45) is 0.858. The Hall–Kier alpha value is -3.69. The predicted molar refractivity (Wildman–Crippen MR) is 136 cm³/mol. The molecule has 0 aliphatic rings. The fourth-order valence-electron chi connectivity index (χ4n) is 3.32. The fraction of sp³-hybridized carbons (Fsp3) is 0.240. The topological polar surface area (TPSA) is 102 Å². The van der Waals surface area contributed by atoms with Crippen LogP contribution in [0.1, 0.15) is 33.0 Å². The number of aromatic nitrogens is 2.